The number of nitrogens with zero attached hydrogens (tertiary/aromatic N) is 2. The molecule has 0 aliphatic rings. The Kier molecular flexibility index (Phi) is 4.22. The number of alkyl halides is 1. The van der Waals surface area contributed by atoms with Crippen molar-refractivity contribution in [2.75, 3.05) is 5.32 Å². The highest BCUT2D eigenvalue weighted by molar-refractivity contribution is 6.17. The van der Waals surface area contributed by atoms with Crippen molar-refractivity contribution < 1.29 is 4.79 Å². The van der Waals surface area contributed by atoms with Crippen LogP contribution >= 0.6 is 11.6 Å². The number of hydrogen-bond donors (Lipinski definition) is 1. The number of halogens is 1. The SMILES string of the molecule is CCc1nn(C)cc1C(=O)Nc1cccc(CCl)c1. The van der Waals surface area contributed by atoms with Crippen LogP contribution in [0.2, 0.25) is 0 Å². The minimum Gasteiger partial charge on any atom is -0.322 e. The van der Waals surface area contributed by atoms with E-state index in [1.807, 2.05) is 38.2 Å². The van der Waals surface area contributed by atoms with Crippen molar-refractivity contribution in [3.05, 3.63) is 47.3 Å². The topological polar surface area (TPSA) is 46.9 Å². The first kappa shape index (κ1) is 13.6. The highest BCUT2D eigenvalue weighted by Crippen LogP contribution is 2.15. The molecule has 2 aromatic rings. The minimum atomic E-state index is -0.142. The van der Waals surface area contributed by atoms with E-state index in [0.717, 1.165) is 23.4 Å². The standard InChI is InChI=1S/C14H16ClN3O/c1-3-13-12(9-18(2)17-13)14(19)16-11-6-4-5-10(7-11)8-15/h4-7,9H,3,8H2,1-2H3,(H,16,19). The minimum absolute atomic E-state index is 0.142. The Bertz CT molecular complexity index is 592. The second-order valence-corrected chi connectivity index (χ2v) is 4.57. The van der Waals surface area contributed by atoms with Gasteiger partial charge in [-0.2, -0.15) is 5.10 Å². The first-order chi connectivity index (χ1) is 9.13. The van der Waals surface area contributed by atoms with Gasteiger partial charge >= 0.3 is 0 Å². The van der Waals surface area contributed by atoms with Crippen LogP contribution in [0, 0.1) is 0 Å². The van der Waals surface area contributed by atoms with Crippen LogP contribution in [-0.4, -0.2) is 15.7 Å². The quantitative estimate of drug-likeness (QED) is 0.874. The molecular formula is C14H16ClN3O. The molecule has 19 heavy (non-hydrogen) atoms. The molecule has 5 heteroatoms. The molecule has 0 atom stereocenters. The van der Waals surface area contributed by atoms with Crippen LogP contribution in [0.25, 0.3) is 0 Å². The summed E-state index contributed by atoms with van der Waals surface area (Å²) in [4.78, 5) is 12.2. The lowest BCUT2D eigenvalue weighted by molar-refractivity contribution is 0.102. The van der Waals surface area contributed by atoms with Gasteiger partial charge in [0.2, 0.25) is 0 Å². The number of amides is 1. The molecule has 0 bridgehead atoms. The fraction of sp³-hybridized carbons (Fsp3) is 0.286. The van der Waals surface area contributed by atoms with Gasteiger partial charge in [0.1, 0.15) is 0 Å². The van der Waals surface area contributed by atoms with Crippen molar-refractivity contribution in [2.45, 2.75) is 19.2 Å². The average molecular weight is 278 g/mol. The van der Waals surface area contributed by atoms with E-state index in [4.69, 9.17) is 11.6 Å². The van der Waals surface area contributed by atoms with E-state index in [9.17, 15) is 4.79 Å². The average Bonchev–Trinajstić information content (AvgIpc) is 2.80. The summed E-state index contributed by atoms with van der Waals surface area (Å²) >= 11 is 5.78. The molecule has 1 amide bonds. The normalized spacial score (nSPS) is 10.5. The van der Waals surface area contributed by atoms with E-state index in [0.29, 0.717) is 11.4 Å². The van der Waals surface area contributed by atoms with Gasteiger partial charge in [-0.15, -0.1) is 11.6 Å². The fourth-order valence-electron chi connectivity index (χ4n) is 1.92. The number of hydrogen-bond acceptors (Lipinski definition) is 2. The molecular weight excluding hydrogens is 262 g/mol. The lowest BCUT2D eigenvalue weighted by atomic mass is 10.2. The third-order valence-corrected chi connectivity index (χ3v) is 3.13. The second-order valence-electron chi connectivity index (χ2n) is 4.30. The van der Waals surface area contributed by atoms with Gasteiger partial charge in [-0.05, 0) is 24.1 Å². The lowest BCUT2D eigenvalue weighted by Gasteiger charge is -2.06. The highest BCUT2D eigenvalue weighted by Gasteiger charge is 2.14. The molecule has 0 saturated heterocycles. The van der Waals surface area contributed by atoms with Gasteiger partial charge in [0.25, 0.3) is 5.91 Å². The molecule has 1 N–H and O–H groups in total. The summed E-state index contributed by atoms with van der Waals surface area (Å²) in [5.74, 6) is 0.285. The number of rotatable bonds is 4. The van der Waals surface area contributed by atoms with E-state index >= 15 is 0 Å². The van der Waals surface area contributed by atoms with E-state index in [-0.39, 0.29) is 5.91 Å². The number of aromatic nitrogens is 2. The van der Waals surface area contributed by atoms with E-state index in [1.165, 1.54) is 0 Å². The molecule has 1 aromatic carbocycles. The third kappa shape index (κ3) is 3.15. The van der Waals surface area contributed by atoms with Gasteiger partial charge in [-0.25, -0.2) is 0 Å². The molecule has 0 saturated carbocycles. The van der Waals surface area contributed by atoms with Gasteiger partial charge in [-0.1, -0.05) is 19.1 Å². The zero-order valence-electron chi connectivity index (χ0n) is 11.0. The molecule has 0 aliphatic carbocycles. The van der Waals surface area contributed by atoms with Gasteiger partial charge in [0.15, 0.2) is 0 Å². The molecule has 1 heterocycles. The molecule has 100 valence electrons. The summed E-state index contributed by atoms with van der Waals surface area (Å²) in [6.07, 6.45) is 2.46. The predicted molar refractivity (Wildman–Crippen MR) is 76.5 cm³/mol. The zero-order valence-corrected chi connectivity index (χ0v) is 11.7. The number of benzene rings is 1. The number of nitrogens with one attached hydrogen (secondary N) is 1. The monoisotopic (exact) mass is 277 g/mol. The summed E-state index contributed by atoms with van der Waals surface area (Å²) < 4.78 is 1.66. The molecule has 1 aromatic heterocycles. The molecule has 0 radical (unpaired) electrons. The van der Waals surface area contributed by atoms with E-state index in [1.54, 1.807) is 10.9 Å². The molecule has 0 fully saturated rings. The summed E-state index contributed by atoms with van der Waals surface area (Å²) in [5.41, 5.74) is 3.13. The van der Waals surface area contributed by atoms with Crippen LogP contribution in [-0.2, 0) is 19.3 Å². The van der Waals surface area contributed by atoms with Gasteiger partial charge in [0.05, 0.1) is 11.3 Å². The maximum Gasteiger partial charge on any atom is 0.259 e. The molecule has 0 aliphatic heterocycles. The molecule has 0 unspecified atom stereocenters. The van der Waals surface area contributed by atoms with Crippen molar-refractivity contribution in [1.82, 2.24) is 9.78 Å². The Morgan fingerprint density at radius 2 is 2.26 bits per heavy atom. The Labute approximate surface area is 117 Å². The predicted octanol–water partition coefficient (Wildman–Crippen LogP) is 2.97. The van der Waals surface area contributed by atoms with Crippen molar-refractivity contribution >= 4 is 23.2 Å². The van der Waals surface area contributed by atoms with E-state index in [2.05, 4.69) is 10.4 Å². The lowest BCUT2D eigenvalue weighted by Crippen LogP contribution is -2.13. The van der Waals surface area contributed by atoms with E-state index < -0.39 is 0 Å². The van der Waals surface area contributed by atoms with Crippen LogP contribution in [0.15, 0.2) is 30.5 Å². The first-order valence-electron chi connectivity index (χ1n) is 6.12. The van der Waals surface area contributed by atoms with Crippen molar-refractivity contribution in [3.63, 3.8) is 0 Å². The summed E-state index contributed by atoms with van der Waals surface area (Å²) in [5, 5.41) is 7.13. The summed E-state index contributed by atoms with van der Waals surface area (Å²) in [7, 11) is 1.81. The number of carbonyl (C=O) groups excluding carboxylic acids is 1. The third-order valence-electron chi connectivity index (χ3n) is 2.82. The summed E-state index contributed by atoms with van der Waals surface area (Å²) in [6, 6.07) is 7.50. The van der Waals surface area contributed by atoms with Crippen molar-refractivity contribution in [3.8, 4) is 0 Å². The maximum atomic E-state index is 12.2. The molecule has 0 spiro atoms. The molecule has 4 nitrogen and oxygen atoms in total. The first-order valence-corrected chi connectivity index (χ1v) is 6.66. The Morgan fingerprint density at radius 3 is 2.95 bits per heavy atom. The number of carbonyl (C=O) groups is 1. The maximum absolute atomic E-state index is 12.2. The highest BCUT2D eigenvalue weighted by atomic mass is 35.5. The van der Waals surface area contributed by atoms with Crippen molar-refractivity contribution in [1.29, 1.82) is 0 Å². The number of anilines is 1. The van der Waals surface area contributed by atoms with Crippen LogP contribution < -0.4 is 5.32 Å². The van der Waals surface area contributed by atoms with Crippen LogP contribution in [0.4, 0.5) is 5.69 Å². The molecule has 2 rings (SSSR count). The smallest absolute Gasteiger partial charge is 0.259 e. The fourth-order valence-corrected chi connectivity index (χ4v) is 2.08. The van der Waals surface area contributed by atoms with Gasteiger partial charge in [-0.3, -0.25) is 9.48 Å². The van der Waals surface area contributed by atoms with Crippen LogP contribution in [0.5, 0.6) is 0 Å². The Hall–Kier alpha value is -1.81. The summed E-state index contributed by atoms with van der Waals surface area (Å²) in [6.45, 7) is 1.98. The van der Waals surface area contributed by atoms with Crippen LogP contribution in [0.3, 0.4) is 0 Å². The Morgan fingerprint density at radius 1 is 1.47 bits per heavy atom. The Balaban J connectivity index is 2.20. The van der Waals surface area contributed by atoms with Gasteiger partial charge in [0, 0.05) is 24.8 Å². The second kappa shape index (κ2) is 5.89. The van der Waals surface area contributed by atoms with Gasteiger partial charge < -0.3 is 5.32 Å². The van der Waals surface area contributed by atoms with Crippen LogP contribution in [0.1, 0.15) is 28.5 Å². The largest absolute Gasteiger partial charge is 0.322 e. The van der Waals surface area contributed by atoms with Crippen molar-refractivity contribution in [2.24, 2.45) is 7.05 Å². The zero-order chi connectivity index (χ0) is 13.8. The number of aryl methyl sites for hydroxylation is 2.